The van der Waals surface area contributed by atoms with Gasteiger partial charge in [0.25, 0.3) is 11.8 Å². The van der Waals surface area contributed by atoms with Crippen LogP contribution in [0.15, 0.2) is 24.3 Å². The van der Waals surface area contributed by atoms with Crippen molar-refractivity contribution in [1.29, 1.82) is 0 Å². The molecular formula is C21H27N3O5S. The zero-order chi connectivity index (χ0) is 21.4. The first-order valence-corrected chi connectivity index (χ1v) is 12.3. The van der Waals surface area contributed by atoms with Crippen molar-refractivity contribution in [2.45, 2.75) is 63.1 Å². The van der Waals surface area contributed by atoms with Crippen LogP contribution in [0.1, 0.15) is 60.9 Å². The average molecular weight is 434 g/mol. The maximum absolute atomic E-state index is 12.9. The zero-order valence-corrected chi connectivity index (χ0v) is 17.7. The molecule has 0 aromatic heterocycles. The van der Waals surface area contributed by atoms with Crippen LogP contribution >= 0.6 is 0 Å². The SMILES string of the molecule is O=C(NC1CCCCC1)c1ccc(CN2C(=O)NC3(CCS(=O)(=O)CC3)C2=O)cc1. The van der Waals surface area contributed by atoms with Crippen LogP contribution in [0.5, 0.6) is 0 Å². The van der Waals surface area contributed by atoms with E-state index in [9.17, 15) is 22.8 Å². The molecule has 3 fully saturated rings. The molecule has 4 amide bonds. The Labute approximate surface area is 176 Å². The second-order valence-electron chi connectivity index (χ2n) is 8.56. The molecule has 2 N–H and O–H groups in total. The molecule has 1 spiro atoms. The second kappa shape index (κ2) is 8.02. The van der Waals surface area contributed by atoms with Crippen molar-refractivity contribution >= 4 is 27.7 Å². The zero-order valence-electron chi connectivity index (χ0n) is 16.9. The van der Waals surface area contributed by atoms with Gasteiger partial charge in [0.2, 0.25) is 0 Å². The minimum absolute atomic E-state index is 0.0870. The molecule has 2 heterocycles. The summed E-state index contributed by atoms with van der Waals surface area (Å²) in [6.45, 7) is 0.0870. The van der Waals surface area contributed by atoms with Crippen molar-refractivity contribution in [1.82, 2.24) is 15.5 Å². The molecule has 0 bridgehead atoms. The van der Waals surface area contributed by atoms with Crippen LogP contribution in [0.3, 0.4) is 0 Å². The Hall–Kier alpha value is -2.42. The Kier molecular flexibility index (Phi) is 5.57. The summed E-state index contributed by atoms with van der Waals surface area (Å²) >= 11 is 0. The van der Waals surface area contributed by atoms with E-state index in [1.54, 1.807) is 24.3 Å². The molecule has 30 heavy (non-hydrogen) atoms. The Bertz CT molecular complexity index is 937. The summed E-state index contributed by atoms with van der Waals surface area (Å²) in [5.74, 6) is -0.678. The summed E-state index contributed by atoms with van der Waals surface area (Å²) in [5, 5.41) is 5.78. The number of hydrogen-bond acceptors (Lipinski definition) is 5. The van der Waals surface area contributed by atoms with Gasteiger partial charge < -0.3 is 10.6 Å². The van der Waals surface area contributed by atoms with E-state index in [2.05, 4.69) is 10.6 Å². The van der Waals surface area contributed by atoms with Gasteiger partial charge in [0.15, 0.2) is 9.84 Å². The molecule has 162 valence electrons. The van der Waals surface area contributed by atoms with E-state index in [-0.39, 0.29) is 48.7 Å². The number of nitrogens with one attached hydrogen (secondary N) is 2. The smallest absolute Gasteiger partial charge is 0.325 e. The lowest BCUT2D eigenvalue weighted by atomic mass is 9.92. The lowest BCUT2D eigenvalue weighted by Gasteiger charge is -2.30. The molecule has 2 aliphatic heterocycles. The summed E-state index contributed by atoms with van der Waals surface area (Å²) in [4.78, 5) is 38.9. The third-order valence-corrected chi connectivity index (χ3v) is 8.08. The highest BCUT2D eigenvalue weighted by Crippen LogP contribution is 2.31. The standard InChI is InChI=1S/C21H27N3O5S/c25-18(22-17-4-2-1-3-5-17)16-8-6-15(7-9-16)14-24-19(26)21(23-20(24)27)10-12-30(28,29)13-11-21/h6-9,17H,1-5,10-14H2,(H,22,25)(H,23,27). The Morgan fingerprint density at radius 2 is 1.70 bits per heavy atom. The molecular weight excluding hydrogens is 406 g/mol. The van der Waals surface area contributed by atoms with Crippen LogP contribution in [-0.4, -0.2) is 54.2 Å². The normalized spacial score (nSPS) is 23.4. The van der Waals surface area contributed by atoms with Crippen LogP contribution < -0.4 is 10.6 Å². The monoisotopic (exact) mass is 433 g/mol. The fourth-order valence-electron chi connectivity index (χ4n) is 4.50. The highest BCUT2D eigenvalue weighted by molar-refractivity contribution is 7.91. The van der Waals surface area contributed by atoms with E-state index in [1.165, 1.54) is 6.42 Å². The largest absolute Gasteiger partial charge is 0.349 e. The van der Waals surface area contributed by atoms with E-state index in [4.69, 9.17) is 0 Å². The lowest BCUT2D eigenvalue weighted by molar-refractivity contribution is -0.132. The third kappa shape index (κ3) is 4.21. The molecule has 2 saturated heterocycles. The first kappa shape index (κ1) is 20.8. The van der Waals surface area contributed by atoms with E-state index in [0.717, 1.165) is 36.1 Å². The first-order valence-electron chi connectivity index (χ1n) is 10.5. The summed E-state index contributed by atoms with van der Waals surface area (Å²) < 4.78 is 23.4. The number of amides is 4. The van der Waals surface area contributed by atoms with Crippen molar-refractivity contribution in [2.75, 3.05) is 11.5 Å². The molecule has 3 aliphatic rings. The minimum Gasteiger partial charge on any atom is -0.349 e. The molecule has 0 radical (unpaired) electrons. The molecule has 0 atom stereocenters. The molecule has 9 heteroatoms. The fraction of sp³-hybridized carbons (Fsp3) is 0.571. The van der Waals surface area contributed by atoms with Crippen molar-refractivity contribution in [2.24, 2.45) is 0 Å². The van der Waals surface area contributed by atoms with Crippen LogP contribution in [0.2, 0.25) is 0 Å². The number of urea groups is 1. The van der Waals surface area contributed by atoms with Gasteiger partial charge in [0, 0.05) is 11.6 Å². The Morgan fingerprint density at radius 3 is 2.33 bits per heavy atom. The minimum atomic E-state index is -3.15. The van der Waals surface area contributed by atoms with E-state index >= 15 is 0 Å². The van der Waals surface area contributed by atoms with Crippen LogP contribution in [0.4, 0.5) is 4.79 Å². The number of carbonyl (C=O) groups excluding carboxylic acids is 3. The van der Waals surface area contributed by atoms with Crippen LogP contribution in [0.25, 0.3) is 0 Å². The average Bonchev–Trinajstić information content (AvgIpc) is 2.96. The number of imide groups is 1. The fourth-order valence-corrected chi connectivity index (χ4v) is 6.03. The van der Waals surface area contributed by atoms with Gasteiger partial charge in [0.1, 0.15) is 5.54 Å². The number of nitrogens with zero attached hydrogens (tertiary/aromatic N) is 1. The third-order valence-electron chi connectivity index (χ3n) is 6.42. The number of benzene rings is 1. The number of rotatable bonds is 4. The van der Waals surface area contributed by atoms with Gasteiger partial charge in [-0.2, -0.15) is 0 Å². The van der Waals surface area contributed by atoms with Crippen molar-refractivity contribution in [3.8, 4) is 0 Å². The van der Waals surface area contributed by atoms with Crippen LogP contribution in [-0.2, 0) is 21.2 Å². The summed E-state index contributed by atoms with van der Waals surface area (Å²) in [6.07, 6.45) is 5.75. The Balaban J connectivity index is 1.39. The van der Waals surface area contributed by atoms with Gasteiger partial charge in [0.05, 0.1) is 18.1 Å². The van der Waals surface area contributed by atoms with Crippen molar-refractivity contribution in [3.63, 3.8) is 0 Å². The molecule has 8 nitrogen and oxygen atoms in total. The second-order valence-corrected chi connectivity index (χ2v) is 10.9. The van der Waals surface area contributed by atoms with Gasteiger partial charge in [-0.1, -0.05) is 31.4 Å². The lowest BCUT2D eigenvalue weighted by Crippen LogP contribution is -2.52. The van der Waals surface area contributed by atoms with Crippen molar-refractivity contribution in [3.05, 3.63) is 35.4 Å². The van der Waals surface area contributed by atoms with Crippen molar-refractivity contribution < 1.29 is 22.8 Å². The molecule has 1 aromatic carbocycles. The van der Waals surface area contributed by atoms with E-state index in [0.29, 0.717) is 5.56 Å². The Morgan fingerprint density at radius 1 is 1.07 bits per heavy atom. The predicted molar refractivity (Wildman–Crippen MR) is 110 cm³/mol. The van der Waals surface area contributed by atoms with E-state index < -0.39 is 21.4 Å². The van der Waals surface area contributed by atoms with Crippen LogP contribution in [0, 0.1) is 0 Å². The highest BCUT2D eigenvalue weighted by atomic mass is 32.2. The number of carbonyl (C=O) groups is 3. The quantitative estimate of drug-likeness (QED) is 0.703. The van der Waals surface area contributed by atoms with Gasteiger partial charge in [-0.25, -0.2) is 13.2 Å². The molecule has 1 aromatic rings. The highest BCUT2D eigenvalue weighted by Gasteiger charge is 2.53. The summed E-state index contributed by atoms with van der Waals surface area (Å²) in [5.41, 5.74) is 0.172. The van der Waals surface area contributed by atoms with E-state index in [1.807, 2.05) is 0 Å². The first-order chi connectivity index (χ1) is 14.3. The van der Waals surface area contributed by atoms with Gasteiger partial charge in [-0.15, -0.1) is 0 Å². The summed E-state index contributed by atoms with van der Waals surface area (Å²) in [6, 6.07) is 6.62. The number of hydrogen-bond donors (Lipinski definition) is 2. The molecule has 1 aliphatic carbocycles. The predicted octanol–water partition coefficient (Wildman–Crippen LogP) is 1.75. The topological polar surface area (TPSA) is 113 Å². The van der Waals surface area contributed by atoms with Gasteiger partial charge >= 0.3 is 6.03 Å². The van der Waals surface area contributed by atoms with Gasteiger partial charge in [-0.3, -0.25) is 14.5 Å². The summed E-state index contributed by atoms with van der Waals surface area (Å²) in [7, 11) is -3.15. The maximum Gasteiger partial charge on any atom is 0.325 e. The maximum atomic E-state index is 12.9. The van der Waals surface area contributed by atoms with Gasteiger partial charge in [-0.05, 0) is 43.4 Å². The molecule has 1 saturated carbocycles. The number of sulfone groups is 1. The molecule has 4 rings (SSSR count). The molecule has 0 unspecified atom stereocenters.